The van der Waals surface area contributed by atoms with Crippen molar-refractivity contribution in [2.24, 2.45) is 5.92 Å². The van der Waals surface area contributed by atoms with Gasteiger partial charge in [0.2, 0.25) is 0 Å². The van der Waals surface area contributed by atoms with Gasteiger partial charge >= 0.3 is 12.2 Å². The molecule has 1 aliphatic carbocycles. The van der Waals surface area contributed by atoms with Crippen molar-refractivity contribution in [1.29, 1.82) is 0 Å². The fraction of sp³-hybridized carbons (Fsp3) is 0.650. The molecular weight excluding hydrogens is 355 g/mol. The Kier molecular flexibility index (Phi) is 6.29. The molecule has 150 valence electrons. The zero-order valence-electron chi connectivity index (χ0n) is 15.7. The van der Waals surface area contributed by atoms with Crippen molar-refractivity contribution in [2.45, 2.75) is 63.8 Å². The number of alkyl halides is 3. The monoisotopic (exact) mass is 383 g/mol. The highest BCUT2D eigenvalue weighted by Gasteiger charge is 2.42. The zero-order chi connectivity index (χ0) is 19.4. The van der Waals surface area contributed by atoms with Crippen molar-refractivity contribution >= 4 is 6.03 Å². The smallest absolute Gasteiger partial charge is 0.337 e. The van der Waals surface area contributed by atoms with E-state index >= 15 is 0 Å². The Morgan fingerprint density at radius 1 is 1.26 bits per heavy atom. The first-order valence-electron chi connectivity index (χ1n) is 9.75. The van der Waals surface area contributed by atoms with Gasteiger partial charge in [-0.2, -0.15) is 13.2 Å². The van der Waals surface area contributed by atoms with E-state index in [9.17, 15) is 18.0 Å². The summed E-state index contributed by atoms with van der Waals surface area (Å²) < 4.78 is 38.7. The van der Waals surface area contributed by atoms with Crippen molar-refractivity contribution in [3.63, 3.8) is 0 Å². The highest BCUT2D eigenvalue weighted by Crippen LogP contribution is 2.37. The van der Waals surface area contributed by atoms with Crippen LogP contribution in [0.4, 0.5) is 18.0 Å². The quantitative estimate of drug-likeness (QED) is 0.829. The first-order chi connectivity index (χ1) is 12.8. The topological polar surface area (TPSA) is 44.4 Å². The molecule has 0 unspecified atom stereocenters. The Bertz CT molecular complexity index is 650. The molecule has 3 rings (SSSR count). The Morgan fingerprint density at radius 2 is 2.00 bits per heavy atom. The molecule has 7 heteroatoms. The molecule has 1 aromatic rings. The third-order valence-electron chi connectivity index (χ3n) is 5.81. The second kappa shape index (κ2) is 8.50. The van der Waals surface area contributed by atoms with Crippen molar-refractivity contribution < 1.29 is 18.0 Å². The van der Waals surface area contributed by atoms with E-state index in [0.717, 1.165) is 19.5 Å². The third kappa shape index (κ3) is 5.37. The predicted octanol–water partition coefficient (Wildman–Crippen LogP) is 3.85. The van der Waals surface area contributed by atoms with Crippen LogP contribution in [-0.4, -0.2) is 42.3 Å². The minimum Gasteiger partial charge on any atom is -0.337 e. The van der Waals surface area contributed by atoms with E-state index in [-0.39, 0.29) is 24.9 Å². The average molecular weight is 383 g/mol. The Labute approximate surface area is 158 Å². The highest BCUT2D eigenvalue weighted by molar-refractivity contribution is 5.74. The molecule has 2 N–H and O–H groups in total. The van der Waals surface area contributed by atoms with E-state index in [4.69, 9.17) is 0 Å². The number of urea groups is 1. The van der Waals surface area contributed by atoms with Gasteiger partial charge in [-0.25, -0.2) is 4.79 Å². The summed E-state index contributed by atoms with van der Waals surface area (Å²) >= 11 is 0. The molecule has 2 amide bonds. The van der Waals surface area contributed by atoms with E-state index in [1.165, 1.54) is 11.1 Å². The normalized spacial score (nSPS) is 24.7. The van der Waals surface area contributed by atoms with Gasteiger partial charge in [0, 0.05) is 31.7 Å². The fourth-order valence-corrected chi connectivity index (χ4v) is 4.12. The summed E-state index contributed by atoms with van der Waals surface area (Å²) in [5.74, 6) is -1.30. The first kappa shape index (κ1) is 20.0. The lowest BCUT2D eigenvalue weighted by Gasteiger charge is -2.34. The third-order valence-corrected chi connectivity index (χ3v) is 5.81. The molecule has 2 aliphatic rings. The van der Waals surface area contributed by atoms with Crippen LogP contribution in [0.2, 0.25) is 0 Å². The summed E-state index contributed by atoms with van der Waals surface area (Å²) in [4.78, 5) is 14.5. The van der Waals surface area contributed by atoms with Crippen LogP contribution in [-0.2, 0) is 13.0 Å². The summed E-state index contributed by atoms with van der Waals surface area (Å²) in [6.07, 6.45) is -1.92. The Hall–Kier alpha value is -1.76. The Morgan fingerprint density at radius 3 is 2.74 bits per heavy atom. The molecule has 1 aliphatic heterocycles. The summed E-state index contributed by atoms with van der Waals surface area (Å²) in [5, 5.41) is 5.56. The van der Waals surface area contributed by atoms with Gasteiger partial charge in [0.1, 0.15) is 0 Å². The van der Waals surface area contributed by atoms with Gasteiger partial charge in [0.15, 0.2) is 0 Å². The number of amides is 2. The number of carbonyl (C=O) groups excluding carboxylic acids is 1. The maximum Gasteiger partial charge on any atom is 0.391 e. The van der Waals surface area contributed by atoms with Gasteiger partial charge in [0.25, 0.3) is 0 Å². The van der Waals surface area contributed by atoms with Crippen LogP contribution < -0.4 is 10.6 Å². The summed E-state index contributed by atoms with van der Waals surface area (Å²) in [6, 6.07) is 7.78. The van der Waals surface area contributed by atoms with Gasteiger partial charge < -0.3 is 10.6 Å². The summed E-state index contributed by atoms with van der Waals surface area (Å²) in [7, 11) is 0. The number of fused-ring (bicyclic) bond motifs is 1. The summed E-state index contributed by atoms with van der Waals surface area (Å²) in [6.45, 7) is 4.34. The maximum absolute atomic E-state index is 12.9. The molecule has 0 saturated heterocycles. The van der Waals surface area contributed by atoms with Crippen LogP contribution in [0.25, 0.3) is 0 Å². The molecule has 4 nitrogen and oxygen atoms in total. The number of halogens is 3. The molecule has 0 aromatic heterocycles. The molecule has 1 aromatic carbocycles. The van der Waals surface area contributed by atoms with Crippen molar-refractivity contribution in [3.8, 4) is 0 Å². The molecular formula is C20H28F3N3O. The lowest BCUT2D eigenvalue weighted by atomic mass is 9.85. The van der Waals surface area contributed by atoms with Gasteiger partial charge in [-0.05, 0) is 43.7 Å². The molecule has 1 saturated carbocycles. The van der Waals surface area contributed by atoms with Crippen molar-refractivity contribution in [1.82, 2.24) is 15.5 Å². The van der Waals surface area contributed by atoms with E-state index in [1.807, 2.05) is 6.07 Å². The lowest BCUT2D eigenvalue weighted by Crippen LogP contribution is -2.49. The van der Waals surface area contributed by atoms with Crippen LogP contribution in [0, 0.1) is 5.92 Å². The van der Waals surface area contributed by atoms with Crippen molar-refractivity contribution in [2.75, 3.05) is 13.1 Å². The predicted molar refractivity (Wildman–Crippen MR) is 98.4 cm³/mol. The number of nitrogens with zero attached hydrogens (tertiary/aromatic N) is 1. The number of nitrogens with one attached hydrogen (secondary N) is 2. The van der Waals surface area contributed by atoms with Crippen LogP contribution in [0.3, 0.4) is 0 Å². The lowest BCUT2D eigenvalue weighted by molar-refractivity contribution is -0.183. The molecule has 0 bridgehead atoms. The van der Waals surface area contributed by atoms with Gasteiger partial charge in [-0.1, -0.05) is 30.7 Å². The molecule has 3 atom stereocenters. The van der Waals surface area contributed by atoms with E-state index in [0.29, 0.717) is 19.4 Å². The van der Waals surface area contributed by atoms with E-state index in [1.54, 1.807) is 0 Å². The van der Waals surface area contributed by atoms with E-state index in [2.05, 4.69) is 40.7 Å². The summed E-state index contributed by atoms with van der Waals surface area (Å²) in [5.41, 5.74) is 2.70. The minimum absolute atomic E-state index is 0.0185. The van der Waals surface area contributed by atoms with Crippen LogP contribution in [0.15, 0.2) is 24.3 Å². The van der Waals surface area contributed by atoms with Crippen LogP contribution >= 0.6 is 0 Å². The number of carbonyl (C=O) groups is 1. The van der Waals surface area contributed by atoms with Gasteiger partial charge in [-0.3, -0.25) is 4.90 Å². The van der Waals surface area contributed by atoms with Gasteiger partial charge in [0.05, 0.1) is 5.92 Å². The molecule has 0 spiro atoms. The number of rotatable bonds is 4. The SMILES string of the molecule is C[C@H](CNC(=O)N[C@@H]1CCC[C@@H](C(F)(F)F)C1)N1CCc2ccccc2C1. The second-order valence-corrected chi connectivity index (χ2v) is 7.79. The van der Waals surface area contributed by atoms with E-state index < -0.39 is 18.1 Å². The number of hydrogen-bond acceptors (Lipinski definition) is 2. The average Bonchev–Trinajstić information content (AvgIpc) is 2.65. The van der Waals surface area contributed by atoms with Crippen molar-refractivity contribution in [3.05, 3.63) is 35.4 Å². The van der Waals surface area contributed by atoms with Gasteiger partial charge in [-0.15, -0.1) is 0 Å². The highest BCUT2D eigenvalue weighted by atomic mass is 19.4. The van der Waals surface area contributed by atoms with Crippen LogP contribution in [0.1, 0.15) is 43.7 Å². The number of hydrogen-bond donors (Lipinski definition) is 2. The molecule has 0 radical (unpaired) electrons. The zero-order valence-corrected chi connectivity index (χ0v) is 15.7. The molecule has 1 heterocycles. The maximum atomic E-state index is 12.9. The van der Waals surface area contributed by atoms with Crippen LogP contribution in [0.5, 0.6) is 0 Å². The molecule has 1 fully saturated rings. The second-order valence-electron chi connectivity index (χ2n) is 7.79. The minimum atomic E-state index is -4.17. The number of benzene rings is 1. The standard InChI is InChI=1S/C20H28F3N3O/c1-14(26-10-9-15-5-2-3-6-16(15)13-26)12-24-19(27)25-18-8-4-7-17(11-18)20(21,22)23/h2-3,5-6,14,17-18H,4,7-13H2,1H3,(H2,24,25,27)/t14-,17-,18-/m1/s1. The molecule has 27 heavy (non-hydrogen) atoms. The fourth-order valence-electron chi connectivity index (χ4n) is 4.12. The Balaban J connectivity index is 1.43. The first-order valence-corrected chi connectivity index (χ1v) is 9.75. The largest absolute Gasteiger partial charge is 0.391 e.